The van der Waals surface area contributed by atoms with Gasteiger partial charge in [-0.25, -0.2) is 0 Å². The summed E-state index contributed by atoms with van der Waals surface area (Å²) in [6.07, 6.45) is -0.519. The van der Waals surface area contributed by atoms with Gasteiger partial charge in [-0.1, -0.05) is 0 Å². The molecule has 0 heterocycles. The monoisotopic (exact) mass is 321 g/mol. The number of quaternary nitrogens is 1. The zero-order valence-electron chi connectivity index (χ0n) is 12.9. The first kappa shape index (κ1) is 19.6. The van der Waals surface area contributed by atoms with E-state index in [1.54, 1.807) is 33.5 Å². The third kappa shape index (κ3) is 5.87. The molecule has 0 aliphatic heterocycles. The summed E-state index contributed by atoms with van der Waals surface area (Å²) in [6, 6.07) is 3.41. The van der Waals surface area contributed by atoms with E-state index in [0.717, 1.165) is 6.54 Å². The highest BCUT2D eigenvalue weighted by Gasteiger charge is 2.15. The van der Waals surface area contributed by atoms with E-state index in [1.165, 1.54) is 0 Å². The number of hydrogen-bond donors (Lipinski definition) is 2. The highest BCUT2D eigenvalue weighted by molar-refractivity contribution is 5.55. The van der Waals surface area contributed by atoms with E-state index in [0.29, 0.717) is 29.5 Å². The fourth-order valence-electron chi connectivity index (χ4n) is 1.76. The first-order valence-electron chi connectivity index (χ1n) is 6.58. The maximum absolute atomic E-state index is 9.75. The molecule has 0 bridgehead atoms. The Kier molecular flexibility index (Phi) is 9.69. The molecule has 3 N–H and O–H groups in total. The van der Waals surface area contributed by atoms with Crippen molar-refractivity contribution in [3.63, 3.8) is 0 Å². The van der Waals surface area contributed by atoms with Crippen LogP contribution in [0, 0.1) is 0 Å². The summed E-state index contributed by atoms with van der Waals surface area (Å²) in [5.74, 6) is 2.13. The molecule has 1 atom stereocenters. The molecule has 7 heteroatoms. The maximum atomic E-state index is 9.75. The minimum atomic E-state index is -0.519. The van der Waals surface area contributed by atoms with Crippen LogP contribution < -0.4 is 36.7 Å². The fraction of sp³-hybridized carbons (Fsp3) is 0.571. The van der Waals surface area contributed by atoms with Crippen molar-refractivity contribution in [2.75, 3.05) is 41.0 Å². The van der Waals surface area contributed by atoms with E-state index in [9.17, 15) is 5.11 Å². The number of aliphatic hydroxyl groups excluding tert-OH is 1. The molecule has 0 aliphatic carbocycles. The Labute approximate surface area is 131 Å². The van der Waals surface area contributed by atoms with Crippen molar-refractivity contribution in [2.45, 2.75) is 13.0 Å². The Hall–Kier alpha value is -1.37. The van der Waals surface area contributed by atoms with Crippen molar-refractivity contribution >= 4 is 0 Å². The van der Waals surface area contributed by atoms with Crippen LogP contribution >= 0.6 is 0 Å². The number of benzene rings is 1. The molecule has 1 aromatic carbocycles. The lowest BCUT2D eigenvalue weighted by Crippen LogP contribution is -3.00. The van der Waals surface area contributed by atoms with Gasteiger partial charge in [-0.2, -0.15) is 0 Å². The van der Waals surface area contributed by atoms with E-state index >= 15 is 0 Å². The molecule has 0 aliphatic rings. The number of ether oxygens (including phenoxy) is 4. The zero-order chi connectivity index (χ0) is 15.0. The minimum Gasteiger partial charge on any atom is -1.00 e. The number of hydrogen-bond acceptors (Lipinski definition) is 5. The van der Waals surface area contributed by atoms with E-state index < -0.39 is 6.10 Å². The van der Waals surface area contributed by atoms with E-state index in [1.807, 2.05) is 12.2 Å². The first-order chi connectivity index (χ1) is 9.65. The average Bonchev–Trinajstić information content (AvgIpc) is 2.49. The molecule has 0 spiro atoms. The molecule has 0 saturated heterocycles. The minimum absolute atomic E-state index is 0. The number of rotatable bonds is 9. The van der Waals surface area contributed by atoms with Crippen molar-refractivity contribution < 1.29 is 41.8 Å². The van der Waals surface area contributed by atoms with E-state index in [4.69, 9.17) is 18.9 Å². The van der Waals surface area contributed by atoms with Crippen molar-refractivity contribution in [1.82, 2.24) is 0 Å². The molecule has 1 unspecified atom stereocenters. The van der Waals surface area contributed by atoms with Crippen LogP contribution in [0.2, 0.25) is 0 Å². The zero-order valence-corrected chi connectivity index (χ0v) is 13.6. The third-order valence-corrected chi connectivity index (χ3v) is 2.81. The molecule has 1 aromatic rings. The van der Waals surface area contributed by atoms with Gasteiger partial charge in [0.05, 0.1) is 27.9 Å². The molecule has 0 radical (unpaired) electrons. The lowest BCUT2D eigenvalue weighted by atomic mass is 10.2. The van der Waals surface area contributed by atoms with Gasteiger partial charge < -0.3 is 41.8 Å². The van der Waals surface area contributed by atoms with Gasteiger partial charge in [0.1, 0.15) is 25.0 Å². The van der Waals surface area contributed by atoms with Gasteiger partial charge in [0.15, 0.2) is 11.5 Å². The summed E-state index contributed by atoms with van der Waals surface area (Å²) in [5.41, 5.74) is 0. The van der Waals surface area contributed by atoms with Crippen LogP contribution in [0.5, 0.6) is 23.0 Å². The van der Waals surface area contributed by atoms with Crippen LogP contribution in [-0.2, 0) is 0 Å². The predicted molar refractivity (Wildman–Crippen MR) is 74.9 cm³/mol. The summed E-state index contributed by atoms with van der Waals surface area (Å²) < 4.78 is 21.3. The second-order valence-electron chi connectivity index (χ2n) is 4.26. The molecule has 21 heavy (non-hydrogen) atoms. The standard InChI is InChI=1S/C14H23NO5.ClH/c1-5-15-8-10(16)9-20-11-6-12(17-2)14(19-4)13(7-11)18-3;/h6-7,10,15-16H,5,8-9H2,1-4H3;1H. The molecule has 0 saturated carbocycles. The molecular formula is C14H24ClNO5. The summed E-state index contributed by atoms with van der Waals surface area (Å²) in [5, 5.41) is 11.8. The Morgan fingerprint density at radius 3 is 2.10 bits per heavy atom. The van der Waals surface area contributed by atoms with E-state index in [2.05, 4.69) is 0 Å². The lowest BCUT2D eigenvalue weighted by molar-refractivity contribution is -0.658. The molecule has 0 fully saturated rings. The van der Waals surface area contributed by atoms with E-state index in [-0.39, 0.29) is 19.0 Å². The maximum Gasteiger partial charge on any atom is 0.203 e. The van der Waals surface area contributed by atoms with Crippen molar-refractivity contribution in [1.29, 1.82) is 0 Å². The highest BCUT2D eigenvalue weighted by atomic mass is 35.5. The Morgan fingerprint density at radius 2 is 1.67 bits per heavy atom. The lowest BCUT2D eigenvalue weighted by Gasteiger charge is -2.15. The molecular weight excluding hydrogens is 298 g/mol. The van der Waals surface area contributed by atoms with Gasteiger partial charge >= 0.3 is 0 Å². The van der Waals surface area contributed by atoms with Gasteiger partial charge in [0.25, 0.3) is 0 Å². The number of nitrogens with two attached hydrogens (primary N) is 1. The van der Waals surface area contributed by atoms with Crippen LogP contribution in [-0.4, -0.2) is 52.2 Å². The number of halogens is 1. The summed E-state index contributed by atoms with van der Waals surface area (Å²) >= 11 is 0. The SMILES string of the molecule is CC[NH2+]CC(O)COc1cc(OC)c(OC)c(OC)c1.[Cl-]. The quantitative estimate of drug-likeness (QED) is 0.508. The second-order valence-corrected chi connectivity index (χ2v) is 4.26. The summed E-state index contributed by atoms with van der Waals surface area (Å²) in [7, 11) is 4.64. The smallest absolute Gasteiger partial charge is 0.203 e. The molecule has 0 amide bonds. The summed E-state index contributed by atoms with van der Waals surface area (Å²) in [6.45, 7) is 3.80. The van der Waals surface area contributed by atoms with Gasteiger partial charge in [-0.05, 0) is 6.92 Å². The summed E-state index contributed by atoms with van der Waals surface area (Å²) in [4.78, 5) is 0. The highest BCUT2D eigenvalue weighted by Crippen LogP contribution is 2.40. The Morgan fingerprint density at radius 1 is 1.10 bits per heavy atom. The van der Waals surface area contributed by atoms with Gasteiger partial charge in [0.2, 0.25) is 5.75 Å². The van der Waals surface area contributed by atoms with Gasteiger partial charge in [0, 0.05) is 12.1 Å². The molecule has 1 rings (SSSR count). The first-order valence-corrected chi connectivity index (χ1v) is 6.58. The predicted octanol–water partition coefficient (Wildman–Crippen LogP) is -2.96. The Balaban J connectivity index is 0.00000400. The fourth-order valence-corrected chi connectivity index (χ4v) is 1.76. The number of likely N-dealkylation sites (N-methyl/N-ethyl adjacent to an activating group) is 1. The van der Waals surface area contributed by atoms with Gasteiger partial charge in [-0.3, -0.25) is 0 Å². The second kappa shape index (κ2) is 10.4. The van der Waals surface area contributed by atoms with Crippen LogP contribution in [0.25, 0.3) is 0 Å². The van der Waals surface area contributed by atoms with Crippen LogP contribution in [0.4, 0.5) is 0 Å². The van der Waals surface area contributed by atoms with Gasteiger partial charge in [-0.15, -0.1) is 0 Å². The third-order valence-electron chi connectivity index (χ3n) is 2.81. The van der Waals surface area contributed by atoms with Crippen molar-refractivity contribution in [3.05, 3.63) is 12.1 Å². The average molecular weight is 322 g/mol. The largest absolute Gasteiger partial charge is 1.00 e. The normalized spacial score (nSPS) is 11.3. The van der Waals surface area contributed by atoms with Crippen molar-refractivity contribution in [3.8, 4) is 23.0 Å². The molecule has 6 nitrogen and oxygen atoms in total. The number of methoxy groups -OCH3 is 3. The van der Waals surface area contributed by atoms with Crippen molar-refractivity contribution in [2.24, 2.45) is 0 Å². The molecule has 0 aromatic heterocycles. The topological polar surface area (TPSA) is 73.8 Å². The molecule has 122 valence electrons. The van der Waals surface area contributed by atoms with Crippen LogP contribution in [0.15, 0.2) is 12.1 Å². The van der Waals surface area contributed by atoms with Crippen LogP contribution in [0.3, 0.4) is 0 Å². The Bertz CT molecular complexity index is 391. The number of aliphatic hydroxyl groups is 1. The van der Waals surface area contributed by atoms with Crippen LogP contribution in [0.1, 0.15) is 6.92 Å².